The number of nitrogens with one attached hydrogen (secondary N) is 1. The molecule has 20 heavy (non-hydrogen) atoms. The number of nitrogens with zero attached hydrogens (tertiary/aromatic N) is 1. The van der Waals surface area contributed by atoms with Crippen LogP contribution in [0.2, 0.25) is 6.04 Å². The van der Waals surface area contributed by atoms with E-state index in [1.165, 1.54) is 0 Å². The highest BCUT2D eigenvalue weighted by atomic mass is 35.5. The molecule has 0 aromatic carbocycles. The molecule has 0 bridgehead atoms. The van der Waals surface area contributed by atoms with Crippen LogP contribution in [0.4, 0.5) is 0 Å². The predicted molar refractivity (Wildman–Crippen MR) is 88.7 cm³/mol. The molecule has 1 N–H and O–H groups in total. The summed E-state index contributed by atoms with van der Waals surface area (Å²) in [6.45, 7) is 9.68. The first-order valence-corrected chi connectivity index (χ1v) is 8.82. The van der Waals surface area contributed by atoms with E-state index < -0.39 is 8.80 Å². The molecule has 0 aliphatic carbocycles. The summed E-state index contributed by atoms with van der Waals surface area (Å²) < 4.78 is 16.2. The molecule has 0 unspecified atom stereocenters. The third kappa shape index (κ3) is 8.56. The van der Waals surface area contributed by atoms with Crippen molar-refractivity contribution in [3.05, 3.63) is 0 Å². The fourth-order valence-corrected chi connectivity index (χ4v) is 3.42. The maximum atomic E-state index is 5.38. The van der Waals surface area contributed by atoms with Crippen molar-refractivity contribution in [1.29, 1.82) is 0 Å². The van der Waals surface area contributed by atoms with Gasteiger partial charge in [0.05, 0.1) is 0 Å². The van der Waals surface area contributed by atoms with E-state index in [-0.39, 0.29) is 17.9 Å². The van der Waals surface area contributed by atoms with Crippen molar-refractivity contribution < 1.29 is 13.3 Å². The number of likely N-dealkylation sites (N-methyl/N-ethyl adjacent to an activating group) is 1. The number of hydrogen-bond acceptors (Lipinski definition) is 5. The van der Waals surface area contributed by atoms with Gasteiger partial charge >= 0.3 is 8.80 Å². The highest BCUT2D eigenvalue weighted by Gasteiger charge is 2.36. The van der Waals surface area contributed by atoms with Crippen molar-refractivity contribution >= 4 is 21.2 Å². The minimum atomic E-state index is -2.38. The molecular weight excluding hydrogens is 296 g/mol. The van der Waals surface area contributed by atoms with Crippen LogP contribution in [-0.2, 0) is 13.3 Å². The highest BCUT2D eigenvalue weighted by Crippen LogP contribution is 2.14. The van der Waals surface area contributed by atoms with Crippen molar-refractivity contribution in [2.75, 3.05) is 48.0 Å². The lowest BCUT2D eigenvalue weighted by Crippen LogP contribution is -2.44. The van der Waals surface area contributed by atoms with Crippen LogP contribution in [0, 0.1) is 0 Å². The Morgan fingerprint density at radius 3 is 1.90 bits per heavy atom. The predicted octanol–water partition coefficient (Wildman–Crippen LogP) is 2.00. The average Bonchev–Trinajstić information content (AvgIpc) is 2.37. The van der Waals surface area contributed by atoms with E-state index >= 15 is 0 Å². The van der Waals surface area contributed by atoms with Gasteiger partial charge < -0.3 is 23.5 Å². The summed E-state index contributed by atoms with van der Waals surface area (Å²) >= 11 is 0. The summed E-state index contributed by atoms with van der Waals surface area (Å²) in [5.74, 6) is 0. The molecule has 0 aliphatic rings. The molecule has 7 heteroatoms. The van der Waals surface area contributed by atoms with E-state index in [1.54, 1.807) is 21.3 Å². The molecule has 124 valence electrons. The second kappa shape index (κ2) is 11.0. The summed E-state index contributed by atoms with van der Waals surface area (Å²) in [6, 6.07) is 0.846. The van der Waals surface area contributed by atoms with Gasteiger partial charge in [0.1, 0.15) is 0 Å². The normalized spacial score (nSPS) is 12.6. The van der Waals surface area contributed by atoms with Crippen LogP contribution < -0.4 is 5.32 Å². The Hall–Kier alpha value is 0.307. The average molecular weight is 329 g/mol. The van der Waals surface area contributed by atoms with Gasteiger partial charge in [-0.2, -0.15) is 0 Å². The third-order valence-corrected chi connectivity index (χ3v) is 6.37. The second-order valence-electron chi connectivity index (χ2n) is 5.74. The molecule has 0 amide bonds. The van der Waals surface area contributed by atoms with Crippen molar-refractivity contribution in [3.8, 4) is 0 Å². The molecule has 0 aromatic heterocycles. The lowest BCUT2D eigenvalue weighted by molar-refractivity contribution is 0.123. The van der Waals surface area contributed by atoms with Crippen LogP contribution >= 0.6 is 12.4 Å². The Morgan fingerprint density at radius 2 is 1.50 bits per heavy atom. The largest absolute Gasteiger partial charge is 0.500 e. The topological polar surface area (TPSA) is 43.0 Å². The fourth-order valence-electron chi connectivity index (χ4n) is 1.69. The molecule has 0 saturated heterocycles. The van der Waals surface area contributed by atoms with Gasteiger partial charge in [0, 0.05) is 46.0 Å². The van der Waals surface area contributed by atoms with E-state index in [0.717, 1.165) is 32.1 Å². The molecule has 0 saturated carbocycles. The molecule has 0 rings (SSSR count). The molecule has 0 spiro atoms. The van der Waals surface area contributed by atoms with E-state index in [9.17, 15) is 0 Å². The van der Waals surface area contributed by atoms with Gasteiger partial charge in [0.15, 0.2) is 0 Å². The first-order valence-electron chi connectivity index (χ1n) is 6.88. The third-order valence-electron chi connectivity index (χ3n) is 3.54. The highest BCUT2D eigenvalue weighted by molar-refractivity contribution is 6.60. The molecule has 0 aromatic rings. The molecule has 0 radical (unpaired) electrons. The minimum absolute atomic E-state index is 0. The zero-order valence-electron chi connectivity index (χ0n) is 14.1. The van der Waals surface area contributed by atoms with Gasteiger partial charge in [-0.15, -0.1) is 12.4 Å². The van der Waals surface area contributed by atoms with Crippen molar-refractivity contribution in [1.82, 2.24) is 10.2 Å². The van der Waals surface area contributed by atoms with Gasteiger partial charge in [-0.05, 0) is 40.8 Å². The number of rotatable bonds is 10. The molecule has 0 aliphatic heterocycles. The quantitative estimate of drug-likeness (QED) is 0.491. The van der Waals surface area contributed by atoms with E-state index in [1.807, 2.05) is 0 Å². The van der Waals surface area contributed by atoms with Crippen LogP contribution in [0.1, 0.15) is 27.2 Å². The Kier molecular flexibility index (Phi) is 12.4. The van der Waals surface area contributed by atoms with Gasteiger partial charge in [-0.25, -0.2) is 0 Å². The molecule has 5 nitrogen and oxygen atoms in total. The number of halogens is 1. The van der Waals surface area contributed by atoms with Gasteiger partial charge in [0.25, 0.3) is 0 Å². The molecular formula is C13H33ClN2O3Si. The summed E-state index contributed by atoms with van der Waals surface area (Å²) in [7, 11) is 4.75. The van der Waals surface area contributed by atoms with E-state index in [0.29, 0.717) is 0 Å². The lowest BCUT2D eigenvalue weighted by Gasteiger charge is -2.31. The maximum Gasteiger partial charge on any atom is 0.500 e. The summed E-state index contributed by atoms with van der Waals surface area (Å²) in [5, 5.41) is 3.45. The first-order chi connectivity index (χ1) is 8.81. The SMILES string of the molecule is CO[Si](CCCNCCN(C)C(C)(C)C)(OC)OC.Cl. The first kappa shape index (κ1) is 22.6. The Morgan fingerprint density at radius 1 is 1.00 bits per heavy atom. The zero-order valence-corrected chi connectivity index (χ0v) is 15.9. The summed E-state index contributed by atoms with van der Waals surface area (Å²) in [6.07, 6.45) is 1.00. The molecule has 0 heterocycles. The van der Waals surface area contributed by atoms with Crippen LogP contribution in [-0.4, -0.2) is 67.3 Å². The second-order valence-corrected chi connectivity index (χ2v) is 8.83. The van der Waals surface area contributed by atoms with Crippen molar-refractivity contribution in [2.45, 2.75) is 38.8 Å². The van der Waals surface area contributed by atoms with Gasteiger partial charge in [-0.1, -0.05) is 0 Å². The van der Waals surface area contributed by atoms with Crippen LogP contribution in [0.15, 0.2) is 0 Å². The van der Waals surface area contributed by atoms with E-state index in [2.05, 4.69) is 38.0 Å². The van der Waals surface area contributed by atoms with Gasteiger partial charge in [0.2, 0.25) is 0 Å². The smallest absolute Gasteiger partial charge is 0.377 e. The Balaban J connectivity index is 0. The van der Waals surface area contributed by atoms with Crippen LogP contribution in [0.3, 0.4) is 0 Å². The van der Waals surface area contributed by atoms with Crippen LogP contribution in [0.25, 0.3) is 0 Å². The van der Waals surface area contributed by atoms with Crippen molar-refractivity contribution in [3.63, 3.8) is 0 Å². The van der Waals surface area contributed by atoms with Gasteiger partial charge in [-0.3, -0.25) is 0 Å². The van der Waals surface area contributed by atoms with E-state index in [4.69, 9.17) is 13.3 Å². The zero-order chi connectivity index (χ0) is 14.9. The standard InChI is InChI=1S/C13H32N2O3Si.ClH/c1-13(2,3)15(4)11-10-14-9-8-12-19(16-5,17-6)18-7;/h14H,8-12H2,1-7H3;1H. The maximum absolute atomic E-state index is 5.38. The summed E-state index contributed by atoms with van der Waals surface area (Å²) in [5.41, 5.74) is 0.228. The fraction of sp³-hybridized carbons (Fsp3) is 1.00. The Bertz CT molecular complexity index is 228. The Labute approximate surface area is 132 Å². The molecule has 0 atom stereocenters. The monoisotopic (exact) mass is 328 g/mol. The van der Waals surface area contributed by atoms with Crippen LogP contribution in [0.5, 0.6) is 0 Å². The lowest BCUT2D eigenvalue weighted by atomic mass is 10.1. The number of hydrogen-bond donors (Lipinski definition) is 1. The summed E-state index contributed by atoms with van der Waals surface area (Å²) in [4.78, 5) is 2.35. The molecule has 0 fully saturated rings. The minimum Gasteiger partial charge on any atom is -0.377 e. The van der Waals surface area contributed by atoms with Crippen molar-refractivity contribution in [2.24, 2.45) is 0 Å².